The molecule has 0 amide bonds. The van der Waals surface area contributed by atoms with E-state index in [4.69, 9.17) is 11.6 Å². The number of carbonyl (C=O) groups is 1. The maximum absolute atomic E-state index is 12.6. The Labute approximate surface area is 136 Å². The summed E-state index contributed by atoms with van der Waals surface area (Å²) in [6.45, 7) is 4.06. The highest BCUT2D eigenvalue weighted by molar-refractivity contribution is 7.92. The minimum absolute atomic E-state index is 0.102. The first-order valence-corrected chi connectivity index (χ1v) is 9.49. The molecule has 0 unspecified atom stereocenters. The normalized spacial score (nSPS) is 29.8. The van der Waals surface area contributed by atoms with Gasteiger partial charge in [-0.3, -0.25) is 9.52 Å². The van der Waals surface area contributed by atoms with Crippen LogP contribution in [0, 0.1) is 16.7 Å². The smallest absolute Gasteiger partial charge is 0.233 e. The number of ketones is 1. The van der Waals surface area contributed by atoms with Crippen LogP contribution in [-0.4, -0.2) is 20.0 Å². The molecule has 0 spiro atoms. The maximum atomic E-state index is 12.6. The summed E-state index contributed by atoms with van der Waals surface area (Å²) in [4.78, 5) is 12.4. The van der Waals surface area contributed by atoms with Crippen LogP contribution in [0.2, 0.25) is 5.02 Å². The van der Waals surface area contributed by atoms with Crippen molar-refractivity contribution in [2.24, 2.45) is 16.7 Å². The number of hydrogen-bond acceptors (Lipinski definition) is 3. The molecule has 6 heteroatoms. The van der Waals surface area contributed by atoms with Gasteiger partial charge in [-0.1, -0.05) is 31.5 Å². The van der Waals surface area contributed by atoms with Crippen LogP contribution in [0.25, 0.3) is 0 Å². The molecule has 22 heavy (non-hydrogen) atoms. The number of rotatable bonds is 4. The number of nitrogens with one attached hydrogen (secondary N) is 1. The van der Waals surface area contributed by atoms with Crippen LogP contribution >= 0.6 is 11.6 Å². The number of benzene rings is 1. The van der Waals surface area contributed by atoms with Crippen LogP contribution in [0.5, 0.6) is 0 Å². The summed E-state index contributed by atoms with van der Waals surface area (Å²) in [6.07, 6.45) is 2.12. The van der Waals surface area contributed by atoms with E-state index in [0.29, 0.717) is 29.5 Å². The van der Waals surface area contributed by atoms with Gasteiger partial charge in [0.15, 0.2) is 0 Å². The van der Waals surface area contributed by atoms with Crippen LogP contribution in [0.1, 0.15) is 33.1 Å². The zero-order valence-electron chi connectivity index (χ0n) is 12.7. The average molecular weight is 342 g/mol. The first-order chi connectivity index (χ1) is 10.2. The van der Waals surface area contributed by atoms with Crippen LogP contribution in [0.15, 0.2) is 24.3 Å². The summed E-state index contributed by atoms with van der Waals surface area (Å²) >= 11 is 5.88. The van der Waals surface area contributed by atoms with E-state index in [1.807, 2.05) is 13.8 Å². The molecule has 2 aliphatic carbocycles. The van der Waals surface area contributed by atoms with E-state index in [0.717, 1.165) is 6.42 Å². The molecule has 0 radical (unpaired) electrons. The van der Waals surface area contributed by atoms with Crippen molar-refractivity contribution < 1.29 is 13.2 Å². The van der Waals surface area contributed by atoms with Crippen molar-refractivity contribution in [3.8, 4) is 0 Å². The van der Waals surface area contributed by atoms with E-state index in [-0.39, 0.29) is 17.0 Å². The molecule has 1 aromatic rings. The van der Waals surface area contributed by atoms with Gasteiger partial charge >= 0.3 is 0 Å². The molecule has 4 nitrogen and oxygen atoms in total. The number of anilines is 1. The fraction of sp³-hybridized carbons (Fsp3) is 0.562. The number of carbonyl (C=O) groups excluding carboxylic acids is 1. The summed E-state index contributed by atoms with van der Waals surface area (Å²) in [5.74, 6) is 0.265. The minimum Gasteiger partial charge on any atom is -0.299 e. The van der Waals surface area contributed by atoms with Gasteiger partial charge in [0, 0.05) is 17.1 Å². The fourth-order valence-electron chi connectivity index (χ4n) is 4.20. The van der Waals surface area contributed by atoms with Crippen molar-refractivity contribution in [3.63, 3.8) is 0 Å². The molecule has 120 valence electrons. The molecule has 2 atom stereocenters. The van der Waals surface area contributed by atoms with Crippen LogP contribution in [0.3, 0.4) is 0 Å². The molecule has 1 aromatic carbocycles. The molecule has 2 fully saturated rings. The second-order valence-corrected chi connectivity index (χ2v) is 9.20. The average Bonchev–Trinajstić information content (AvgIpc) is 2.71. The molecule has 0 aliphatic heterocycles. The summed E-state index contributed by atoms with van der Waals surface area (Å²) in [5, 5.41) is 0.469. The van der Waals surface area contributed by atoms with Gasteiger partial charge in [0.1, 0.15) is 5.78 Å². The van der Waals surface area contributed by atoms with E-state index in [9.17, 15) is 13.2 Å². The van der Waals surface area contributed by atoms with Gasteiger partial charge in [-0.2, -0.15) is 0 Å². The molecule has 0 aromatic heterocycles. The second-order valence-electron chi connectivity index (χ2n) is 7.04. The monoisotopic (exact) mass is 341 g/mol. The van der Waals surface area contributed by atoms with E-state index >= 15 is 0 Å². The highest BCUT2D eigenvalue weighted by Gasteiger charge is 2.65. The van der Waals surface area contributed by atoms with Gasteiger partial charge in [-0.05, 0) is 42.4 Å². The minimum atomic E-state index is -3.61. The van der Waals surface area contributed by atoms with Crippen LogP contribution in [-0.2, 0) is 14.8 Å². The third-order valence-electron chi connectivity index (χ3n) is 5.67. The first-order valence-electron chi connectivity index (χ1n) is 7.46. The van der Waals surface area contributed by atoms with Crippen molar-refractivity contribution in [2.45, 2.75) is 33.1 Å². The zero-order chi connectivity index (χ0) is 16.2. The molecule has 2 saturated carbocycles. The molecule has 2 aliphatic rings. The molecule has 0 heterocycles. The lowest BCUT2D eigenvalue weighted by Gasteiger charge is -2.36. The van der Waals surface area contributed by atoms with Gasteiger partial charge in [0.25, 0.3) is 0 Å². The second kappa shape index (κ2) is 4.96. The van der Waals surface area contributed by atoms with E-state index < -0.39 is 15.4 Å². The maximum Gasteiger partial charge on any atom is 0.233 e. The SMILES string of the molecule is CC1(C)[C@H]2CC[C@@]1(CS(=O)(=O)Nc1cccc(Cl)c1)C(=O)C2. The van der Waals surface area contributed by atoms with Crippen molar-refractivity contribution in [3.05, 3.63) is 29.3 Å². The lowest BCUT2D eigenvalue weighted by atomic mass is 9.70. The fourth-order valence-corrected chi connectivity index (χ4v) is 6.27. The standard InChI is InChI=1S/C16H20ClNO3S/c1-15(2)11-6-7-16(15,14(19)8-11)10-22(20,21)18-13-5-3-4-12(17)9-13/h3-5,9,11,18H,6-8,10H2,1-2H3/t11-,16+/m0/s1. The van der Waals surface area contributed by atoms with Crippen molar-refractivity contribution in [2.75, 3.05) is 10.5 Å². The third kappa shape index (κ3) is 2.35. The Morgan fingerprint density at radius 1 is 1.36 bits per heavy atom. The van der Waals surface area contributed by atoms with Crippen molar-refractivity contribution >= 4 is 33.1 Å². The summed E-state index contributed by atoms with van der Waals surface area (Å²) in [7, 11) is -3.61. The van der Waals surface area contributed by atoms with Gasteiger partial charge in [-0.15, -0.1) is 0 Å². The lowest BCUT2D eigenvalue weighted by molar-refractivity contribution is -0.128. The largest absolute Gasteiger partial charge is 0.299 e. The lowest BCUT2D eigenvalue weighted by Crippen LogP contribution is -2.43. The zero-order valence-corrected chi connectivity index (χ0v) is 14.3. The van der Waals surface area contributed by atoms with Gasteiger partial charge in [0.2, 0.25) is 10.0 Å². The Bertz CT molecular complexity index is 729. The number of hydrogen-bond donors (Lipinski definition) is 1. The van der Waals surface area contributed by atoms with E-state index in [1.165, 1.54) is 0 Å². The summed E-state index contributed by atoms with van der Waals surface area (Å²) < 4.78 is 27.7. The number of sulfonamides is 1. The number of halogens is 1. The molecule has 3 rings (SSSR count). The van der Waals surface area contributed by atoms with Crippen LogP contribution < -0.4 is 4.72 Å². The summed E-state index contributed by atoms with van der Waals surface area (Å²) in [6, 6.07) is 6.59. The van der Waals surface area contributed by atoms with Gasteiger partial charge in [0.05, 0.1) is 11.2 Å². The number of fused-ring (bicyclic) bond motifs is 2. The van der Waals surface area contributed by atoms with E-state index in [1.54, 1.807) is 24.3 Å². The molecular weight excluding hydrogens is 322 g/mol. The topological polar surface area (TPSA) is 63.2 Å². The highest BCUT2D eigenvalue weighted by Crippen LogP contribution is 2.64. The third-order valence-corrected chi connectivity index (χ3v) is 7.33. The Morgan fingerprint density at radius 3 is 2.64 bits per heavy atom. The Hall–Kier alpha value is -1.07. The van der Waals surface area contributed by atoms with Crippen LogP contribution in [0.4, 0.5) is 5.69 Å². The quantitative estimate of drug-likeness (QED) is 0.911. The highest BCUT2D eigenvalue weighted by atomic mass is 35.5. The Kier molecular flexibility index (Phi) is 3.57. The van der Waals surface area contributed by atoms with Gasteiger partial charge in [-0.25, -0.2) is 8.42 Å². The predicted molar refractivity (Wildman–Crippen MR) is 87.4 cm³/mol. The van der Waals surface area contributed by atoms with Gasteiger partial charge < -0.3 is 0 Å². The predicted octanol–water partition coefficient (Wildman–Crippen LogP) is 3.48. The molecule has 0 saturated heterocycles. The summed E-state index contributed by atoms with van der Waals surface area (Å²) in [5.41, 5.74) is -0.573. The molecule has 1 N–H and O–H groups in total. The first kappa shape index (κ1) is 15.8. The molecular formula is C16H20ClNO3S. The molecule has 2 bridgehead atoms. The van der Waals surface area contributed by atoms with Crippen molar-refractivity contribution in [1.82, 2.24) is 0 Å². The Balaban J connectivity index is 1.87. The number of Topliss-reactive ketones (excluding diaryl/α,β-unsaturated/α-hetero) is 1. The van der Waals surface area contributed by atoms with Crippen molar-refractivity contribution in [1.29, 1.82) is 0 Å². The van der Waals surface area contributed by atoms with E-state index in [2.05, 4.69) is 4.72 Å². The Morgan fingerprint density at radius 2 is 2.09 bits per heavy atom.